The second-order valence-electron chi connectivity index (χ2n) is 4.96. The second-order valence-corrected chi connectivity index (χ2v) is 7.17. The Morgan fingerprint density at radius 3 is 2.36 bits per heavy atom. The SMILES string of the molecule is O=S(=O)(Cc1ccccc1Cl)NCCC(O)c1ccccc1. The summed E-state index contributed by atoms with van der Waals surface area (Å²) in [6.07, 6.45) is -0.379. The summed E-state index contributed by atoms with van der Waals surface area (Å²) >= 11 is 5.96. The number of hydrogen-bond acceptors (Lipinski definition) is 3. The van der Waals surface area contributed by atoms with Gasteiger partial charge in [0.25, 0.3) is 0 Å². The van der Waals surface area contributed by atoms with E-state index in [4.69, 9.17) is 11.6 Å². The lowest BCUT2D eigenvalue weighted by molar-refractivity contribution is 0.169. The Morgan fingerprint density at radius 2 is 1.68 bits per heavy atom. The molecule has 118 valence electrons. The van der Waals surface area contributed by atoms with Crippen molar-refractivity contribution < 1.29 is 13.5 Å². The molecule has 6 heteroatoms. The molecule has 0 saturated heterocycles. The number of rotatable bonds is 7. The highest BCUT2D eigenvalue weighted by Crippen LogP contribution is 2.18. The molecule has 2 rings (SSSR count). The maximum Gasteiger partial charge on any atom is 0.215 e. The first-order valence-corrected chi connectivity index (χ1v) is 8.95. The van der Waals surface area contributed by atoms with Gasteiger partial charge in [-0.15, -0.1) is 0 Å². The monoisotopic (exact) mass is 339 g/mol. The van der Waals surface area contributed by atoms with Gasteiger partial charge in [0.15, 0.2) is 0 Å². The minimum atomic E-state index is -3.48. The summed E-state index contributed by atoms with van der Waals surface area (Å²) in [5, 5.41) is 10.4. The van der Waals surface area contributed by atoms with Gasteiger partial charge in [-0.05, 0) is 23.6 Å². The zero-order valence-electron chi connectivity index (χ0n) is 11.9. The molecule has 1 unspecified atom stereocenters. The molecule has 1 atom stereocenters. The third kappa shape index (κ3) is 5.10. The van der Waals surface area contributed by atoms with E-state index < -0.39 is 16.1 Å². The van der Waals surface area contributed by atoms with Crippen LogP contribution in [0.15, 0.2) is 54.6 Å². The zero-order valence-corrected chi connectivity index (χ0v) is 13.5. The van der Waals surface area contributed by atoms with Gasteiger partial charge in [0.2, 0.25) is 10.0 Å². The molecular formula is C16H18ClNO3S. The molecule has 0 spiro atoms. The van der Waals surface area contributed by atoms with Crippen LogP contribution in [0.25, 0.3) is 0 Å². The van der Waals surface area contributed by atoms with E-state index in [0.29, 0.717) is 17.0 Å². The van der Waals surface area contributed by atoms with Crippen molar-refractivity contribution in [1.82, 2.24) is 4.72 Å². The smallest absolute Gasteiger partial charge is 0.215 e. The van der Waals surface area contributed by atoms with E-state index in [2.05, 4.69) is 4.72 Å². The molecule has 0 radical (unpaired) electrons. The lowest BCUT2D eigenvalue weighted by Crippen LogP contribution is -2.27. The summed E-state index contributed by atoms with van der Waals surface area (Å²) in [7, 11) is -3.48. The van der Waals surface area contributed by atoms with E-state index >= 15 is 0 Å². The van der Waals surface area contributed by atoms with Gasteiger partial charge in [0.05, 0.1) is 11.9 Å². The van der Waals surface area contributed by atoms with Crippen molar-refractivity contribution in [3.8, 4) is 0 Å². The molecule has 0 aliphatic carbocycles. The largest absolute Gasteiger partial charge is 0.388 e. The average molecular weight is 340 g/mol. The average Bonchev–Trinajstić information content (AvgIpc) is 2.50. The van der Waals surface area contributed by atoms with Gasteiger partial charge in [-0.1, -0.05) is 60.1 Å². The number of halogens is 1. The number of sulfonamides is 1. The highest BCUT2D eigenvalue weighted by Gasteiger charge is 2.14. The first-order valence-electron chi connectivity index (χ1n) is 6.92. The van der Waals surface area contributed by atoms with Crippen molar-refractivity contribution in [3.63, 3.8) is 0 Å². The molecule has 0 aromatic heterocycles. The van der Waals surface area contributed by atoms with Crippen LogP contribution in [0.5, 0.6) is 0 Å². The number of aliphatic hydroxyl groups is 1. The molecule has 2 aromatic rings. The summed E-state index contributed by atoms with van der Waals surface area (Å²) < 4.78 is 26.5. The molecule has 22 heavy (non-hydrogen) atoms. The Hall–Kier alpha value is -1.40. The molecule has 4 nitrogen and oxygen atoms in total. The van der Waals surface area contributed by atoms with Crippen LogP contribution in [-0.4, -0.2) is 20.1 Å². The minimum Gasteiger partial charge on any atom is -0.388 e. The van der Waals surface area contributed by atoms with Crippen LogP contribution >= 0.6 is 11.6 Å². The number of nitrogens with one attached hydrogen (secondary N) is 1. The normalized spacial score (nSPS) is 13.0. The Kier molecular flexibility index (Phi) is 5.97. The lowest BCUT2D eigenvalue weighted by Gasteiger charge is -2.12. The highest BCUT2D eigenvalue weighted by molar-refractivity contribution is 7.88. The Balaban J connectivity index is 1.87. The molecule has 0 heterocycles. The van der Waals surface area contributed by atoms with Crippen molar-refractivity contribution in [2.24, 2.45) is 0 Å². The van der Waals surface area contributed by atoms with Gasteiger partial charge in [-0.2, -0.15) is 0 Å². The van der Waals surface area contributed by atoms with Crippen molar-refractivity contribution >= 4 is 21.6 Å². The van der Waals surface area contributed by atoms with E-state index in [0.717, 1.165) is 5.56 Å². The van der Waals surface area contributed by atoms with Crippen LogP contribution < -0.4 is 4.72 Å². The maximum atomic E-state index is 12.0. The van der Waals surface area contributed by atoms with Crippen LogP contribution in [0.1, 0.15) is 23.7 Å². The van der Waals surface area contributed by atoms with Crippen molar-refractivity contribution in [3.05, 3.63) is 70.7 Å². The highest BCUT2D eigenvalue weighted by atomic mass is 35.5. The van der Waals surface area contributed by atoms with Crippen molar-refractivity contribution in [1.29, 1.82) is 0 Å². The molecule has 0 aliphatic heterocycles. The van der Waals surface area contributed by atoms with E-state index in [1.807, 2.05) is 30.3 Å². The maximum absolute atomic E-state index is 12.0. The number of benzene rings is 2. The quantitative estimate of drug-likeness (QED) is 0.815. The molecular weight excluding hydrogens is 322 g/mol. The van der Waals surface area contributed by atoms with Gasteiger partial charge >= 0.3 is 0 Å². The summed E-state index contributed by atoms with van der Waals surface area (Å²) in [5.74, 6) is -0.173. The fraction of sp³-hybridized carbons (Fsp3) is 0.250. The summed E-state index contributed by atoms with van der Waals surface area (Å²) in [6.45, 7) is 0.169. The lowest BCUT2D eigenvalue weighted by atomic mass is 10.1. The van der Waals surface area contributed by atoms with Crippen molar-refractivity contribution in [2.75, 3.05) is 6.54 Å². The van der Waals surface area contributed by atoms with Crippen molar-refractivity contribution in [2.45, 2.75) is 18.3 Å². The third-order valence-corrected chi connectivity index (χ3v) is 4.93. The summed E-state index contributed by atoms with van der Waals surface area (Å²) in [6, 6.07) is 16.0. The van der Waals surface area contributed by atoms with E-state index in [1.165, 1.54) is 0 Å². The van der Waals surface area contributed by atoms with Gasteiger partial charge in [-0.25, -0.2) is 13.1 Å². The first kappa shape index (κ1) is 17.0. The Labute approximate surface area is 135 Å². The second kappa shape index (κ2) is 7.74. The summed E-state index contributed by atoms with van der Waals surface area (Å²) in [5.41, 5.74) is 1.33. The van der Waals surface area contributed by atoms with Gasteiger partial charge < -0.3 is 5.11 Å². The van der Waals surface area contributed by atoms with Crippen LogP contribution in [0.4, 0.5) is 0 Å². The molecule has 0 amide bonds. The Bertz CT molecular complexity index is 704. The zero-order chi connectivity index (χ0) is 16.0. The van der Waals surface area contributed by atoms with E-state index in [9.17, 15) is 13.5 Å². The number of hydrogen-bond donors (Lipinski definition) is 2. The molecule has 2 N–H and O–H groups in total. The number of aliphatic hydroxyl groups excluding tert-OH is 1. The predicted molar refractivity (Wildman–Crippen MR) is 88.1 cm³/mol. The topological polar surface area (TPSA) is 66.4 Å². The van der Waals surface area contributed by atoms with E-state index in [1.54, 1.807) is 24.3 Å². The fourth-order valence-corrected chi connectivity index (χ4v) is 3.54. The minimum absolute atomic E-state index is 0.169. The van der Waals surface area contributed by atoms with Crippen LogP contribution in [0.2, 0.25) is 5.02 Å². The predicted octanol–water partition coefficient (Wildman–Crippen LogP) is 2.88. The molecule has 2 aromatic carbocycles. The van der Waals surface area contributed by atoms with Gasteiger partial charge in [0, 0.05) is 11.6 Å². The van der Waals surface area contributed by atoms with Gasteiger partial charge in [-0.3, -0.25) is 0 Å². The van der Waals surface area contributed by atoms with E-state index in [-0.39, 0.29) is 12.3 Å². The molecule has 0 bridgehead atoms. The van der Waals surface area contributed by atoms with Gasteiger partial charge in [0.1, 0.15) is 0 Å². The van der Waals surface area contributed by atoms with Crippen LogP contribution in [0, 0.1) is 0 Å². The standard InChI is InChI=1S/C16H18ClNO3S/c17-15-9-5-4-8-14(15)12-22(20,21)18-11-10-16(19)13-6-2-1-3-7-13/h1-9,16,18-19H,10-12H2. The third-order valence-electron chi connectivity index (χ3n) is 3.23. The molecule has 0 fully saturated rings. The Morgan fingerprint density at radius 1 is 1.05 bits per heavy atom. The molecule has 0 aliphatic rings. The summed E-state index contributed by atoms with van der Waals surface area (Å²) in [4.78, 5) is 0. The fourth-order valence-electron chi connectivity index (χ4n) is 2.06. The molecule has 0 saturated carbocycles. The van der Waals surface area contributed by atoms with Crippen LogP contribution in [0.3, 0.4) is 0 Å². The van der Waals surface area contributed by atoms with Crippen LogP contribution in [-0.2, 0) is 15.8 Å². The first-order chi connectivity index (χ1) is 10.5.